The van der Waals surface area contributed by atoms with Gasteiger partial charge in [0.05, 0.1) is 11.9 Å². The molecule has 4 heteroatoms. The zero-order valence-electron chi connectivity index (χ0n) is 13.1. The fraction of sp³-hybridized carbons (Fsp3) is 0.278. The zero-order chi connectivity index (χ0) is 16.1. The molecule has 0 fully saturated rings. The van der Waals surface area contributed by atoms with Crippen LogP contribution in [-0.2, 0) is 9.09 Å². The summed E-state index contributed by atoms with van der Waals surface area (Å²) in [6.07, 6.45) is 0.231. The lowest BCUT2D eigenvalue weighted by Gasteiger charge is -2.10. The quantitative estimate of drug-likeness (QED) is 0.590. The van der Waals surface area contributed by atoms with Gasteiger partial charge in [-0.25, -0.2) is 4.57 Å². The topological polar surface area (TPSA) is 43.4 Å². The Morgan fingerprint density at radius 2 is 1.64 bits per heavy atom. The largest absolute Gasteiger partial charge is 0.300 e. The monoisotopic (exact) mass is 315 g/mol. The normalized spacial score (nSPS) is 11.3. The van der Waals surface area contributed by atoms with Crippen LogP contribution in [0.15, 0.2) is 42.5 Å². The Labute approximate surface area is 132 Å². The van der Waals surface area contributed by atoms with Crippen LogP contribution < -0.4 is 5.30 Å². The average molecular weight is 315 g/mol. The van der Waals surface area contributed by atoms with Crippen LogP contribution in [0.1, 0.15) is 33.5 Å². The molecule has 0 aliphatic heterocycles. The minimum Gasteiger partial charge on any atom is -0.300 e. The predicted molar refractivity (Wildman–Crippen MR) is 89.2 cm³/mol. The molecule has 2 aromatic rings. The van der Waals surface area contributed by atoms with Crippen molar-refractivity contribution in [3.05, 3.63) is 64.7 Å². The minimum atomic E-state index is -1.93. The van der Waals surface area contributed by atoms with Crippen molar-refractivity contribution in [3.8, 4) is 0 Å². The number of aryl methyl sites for hydroxylation is 3. The van der Waals surface area contributed by atoms with Crippen LogP contribution in [-0.4, -0.2) is 12.4 Å². The van der Waals surface area contributed by atoms with Gasteiger partial charge in [0.1, 0.15) is 0 Å². The number of ketones is 1. The van der Waals surface area contributed by atoms with E-state index in [0.29, 0.717) is 5.56 Å². The molecular formula is C18H20O3P. The molecule has 1 radical (unpaired) electrons. The lowest BCUT2D eigenvalue weighted by molar-refractivity contribution is 0.0965. The van der Waals surface area contributed by atoms with Gasteiger partial charge in [-0.15, -0.1) is 0 Å². The molecule has 2 rings (SSSR count). The molecule has 0 aliphatic carbocycles. The van der Waals surface area contributed by atoms with Crippen LogP contribution in [0.25, 0.3) is 0 Å². The van der Waals surface area contributed by atoms with Crippen LogP contribution in [0.2, 0.25) is 0 Å². The Morgan fingerprint density at radius 3 is 2.23 bits per heavy atom. The Kier molecular flexibility index (Phi) is 5.59. The van der Waals surface area contributed by atoms with Crippen molar-refractivity contribution in [2.45, 2.75) is 27.2 Å². The number of hydrogen-bond acceptors (Lipinski definition) is 3. The fourth-order valence-electron chi connectivity index (χ4n) is 2.51. The molecule has 115 valence electrons. The first-order chi connectivity index (χ1) is 10.5. The first kappa shape index (κ1) is 16.5. The minimum absolute atomic E-state index is 0.00125. The Hall–Kier alpha value is -1.83. The molecule has 0 saturated carbocycles. The van der Waals surface area contributed by atoms with E-state index in [2.05, 4.69) is 0 Å². The van der Waals surface area contributed by atoms with E-state index in [1.807, 2.05) is 51.1 Å². The fourth-order valence-corrected chi connectivity index (χ4v) is 3.61. The summed E-state index contributed by atoms with van der Waals surface area (Å²) in [5, 5.41) is 0.743. The van der Waals surface area contributed by atoms with Gasteiger partial charge in [0.25, 0.3) is 0 Å². The summed E-state index contributed by atoms with van der Waals surface area (Å²) < 4.78 is 17.7. The van der Waals surface area contributed by atoms with Gasteiger partial charge in [-0.2, -0.15) is 0 Å². The van der Waals surface area contributed by atoms with E-state index in [4.69, 9.17) is 4.52 Å². The van der Waals surface area contributed by atoms with Crippen LogP contribution in [0.3, 0.4) is 0 Å². The molecule has 1 unspecified atom stereocenters. The molecule has 0 bridgehead atoms. The summed E-state index contributed by atoms with van der Waals surface area (Å²) in [7, 11) is -1.93. The van der Waals surface area contributed by atoms with E-state index in [0.717, 1.165) is 22.0 Å². The number of rotatable bonds is 6. The molecule has 0 saturated heterocycles. The summed E-state index contributed by atoms with van der Waals surface area (Å²) in [5.41, 5.74) is 3.73. The third-order valence-electron chi connectivity index (χ3n) is 3.45. The standard InChI is InChI=1S/C18H20O3P/c1-13-11-14(2)18(15(3)12-13)22(20)21-10-9-17(19)16-7-5-4-6-8-16/h4-8,11-12H,9-10H2,1-3H3. The molecule has 22 heavy (non-hydrogen) atoms. The summed E-state index contributed by atoms with van der Waals surface area (Å²) in [6, 6.07) is 13.1. The van der Waals surface area contributed by atoms with Crippen LogP contribution in [0.5, 0.6) is 0 Å². The number of carbonyl (C=O) groups is 1. The highest BCUT2D eigenvalue weighted by molar-refractivity contribution is 7.48. The van der Waals surface area contributed by atoms with Crippen molar-refractivity contribution in [2.24, 2.45) is 0 Å². The van der Waals surface area contributed by atoms with E-state index in [-0.39, 0.29) is 18.8 Å². The molecule has 0 N–H and O–H groups in total. The van der Waals surface area contributed by atoms with Gasteiger partial charge in [-0.1, -0.05) is 48.0 Å². The maximum atomic E-state index is 12.3. The van der Waals surface area contributed by atoms with Crippen LogP contribution >= 0.6 is 8.03 Å². The Bertz CT molecular complexity index is 670. The number of benzene rings is 2. The number of carbonyl (C=O) groups excluding carboxylic acids is 1. The van der Waals surface area contributed by atoms with Crippen molar-refractivity contribution in [2.75, 3.05) is 6.61 Å². The third-order valence-corrected chi connectivity index (χ3v) is 4.94. The molecule has 0 spiro atoms. The molecular weight excluding hydrogens is 295 g/mol. The first-order valence-electron chi connectivity index (χ1n) is 7.25. The van der Waals surface area contributed by atoms with Gasteiger partial charge in [-0.05, 0) is 31.9 Å². The summed E-state index contributed by atoms with van der Waals surface area (Å²) >= 11 is 0. The van der Waals surface area contributed by atoms with E-state index in [1.165, 1.54) is 0 Å². The smallest absolute Gasteiger partial charge is 0.247 e. The van der Waals surface area contributed by atoms with Gasteiger partial charge in [-0.3, -0.25) is 4.79 Å². The second-order valence-corrected chi connectivity index (χ2v) is 6.60. The summed E-state index contributed by atoms with van der Waals surface area (Å²) in [4.78, 5) is 12.0. The second-order valence-electron chi connectivity index (χ2n) is 5.38. The molecule has 1 atom stereocenters. The van der Waals surface area contributed by atoms with E-state index in [1.54, 1.807) is 12.1 Å². The summed E-state index contributed by atoms with van der Waals surface area (Å²) in [5.74, 6) is 0.00125. The number of hydrogen-bond donors (Lipinski definition) is 0. The van der Waals surface area contributed by atoms with Gasteiger partial charge in [0, 0.05) is 12.0 Å². The van der Waals surface area contributed by atoms with Crippen molar-refractivity contribution in [1.82, 2.24) is 0 Å². The van der Waals surface area contributed by atoms with Crippen molar-refractivity contribution >= 4 is 19.1 Å². The van der Waals surface area contributed by atoms with Gasteiger partial charge in [0.2, 0.25) is 8.03 Å². The van der Waals surface area contributed by atoms with Gasteiger partial charge < -0.3 is 4.52 Å². The second kappa shape index (κ2) is 7.44. The average Bonchev–Trinajstić information content (AvgIpc) is 2.47. The molecule has 2 aromatic carbocycles. The zero-order valence-corrected chi connectivity index (χ0v) is 14.0. The molecule has 0 heterocycles. The van der Waals surface area contributed by atoms with Gasteiger partial charge in [0.15, 0.2) is 5.78 Å². The van der Waals surface area contributed by atoms with Crippen molar-refractivity contribution in [1.29, 1.82) is 0 Å². The van der Waals surface area contributed by atoms with Crippen molar-refractivity contribution < 1.29 is 13.9 Å². The van der Waals surface area contributed by atoms with E-state index in [9.17, 15) is 9.36 Å². The number of Topliss-reactive ketones (excluding diaryl/α,β-unsaturated/α-hetero) is 1. The van der Waals surface area contributed by atoms with E-state index >= 15 is 0 Å². The molecule has 0 aromatic heterocycles. The SMILES string of the molecule is Cc1cc(C)c([P](=O)OCCC(=O)c2ccccc2)c(C)c1. The lowest BCUT2D eigenvalue weighted by Crippen LogP contribution is -2.10. The Morgan fingerprint density at radius 1 is 1.05 bits per heavy atom. The van der Waals surface area contributed by atoms with Gasteiger partial charge >= 0.3 is 0 Å². The first-order valence-corrected chi connectivity index (χ1v) is 8.43. The summed E-state index contributed by atoms with van der Waals surface area (Å²) in [6.45, 7) is 6.04. The van der Waals surface area contributed by atoms with Crippen molar-refractivity contribution in [3.63, 3.8) is 0 Å². The van der Waals surface area contributed by atoms with Crippen LogP contribution in [0, 0.1) is 20.8 Å². The molecule has 3 nitrogen and oxygen atoms in total. The van der Waals surface area contributed by atoms with E-state index < -0.39 is 8.03 Å². The Balaban J connectivity index is 1.95. The highest BCUT2D eigenvalue weighted by atomic mass is 31.1. The third kappa shape index (κ3) is 4.09. The molecule has 0 amide bonds. The maximum absolute atomic E-state index is 12.3. The lowest BCUT2D eigenvalue weighted by atomic mass is 10.1. The van der Waals surface area contributed by atoms with Crippen LogP contribution in [0.4, 0.5) is 0 Å². The maximum Gasteiger partial charge on any atom is 0.247 e. The predicted octanol–water partition coefficient (Wildman–Crippen LogP) is 4.27. The highest BCUT2D eigenvalue weighted by Gasteiger charge is 2.14. The molecule has 0 aliphatic rings. The highest BCUT2D eigenvalue weighted by Crippen LogP contribution is 2.26.